The fourth-order valence-electron chi connectivity index (χ4n) is 2.95. The maximum Gasteiger partial charge on any atom is 0.270 e. The minimum absolute atomic E-state index is 0.169. The van der Waals surface area contributed by atoms with Crippen LogP contribution in [-0.4, -0.2) is 43.9 Å². The summed E-state index contributed by atoms with van der Waals surface area (Å²) in [4.78, 5) is 10.4. The van der Waals surface area contributed by atoms with Gasteiger partial charge in [0.25, 0.3) is 5.69 Å². The van der Waals surface area contributed by atoms with E-state index in [1.54, 1.807) is 19.1 Å². The summed E-state index contributed by atoms with van der Waals surface area (Å²) in [5.41, 5.74) is 0.676. The predicted octanol–water partition coefficient (Wildman–Crippen LogP) is 2.93. The molecule has 3 rings (SSSR count). The molecule has 1 heterocycles. The number of nitro groups is 1. The van der Waals surface area contributed by atoms with Gasteiger partial charge in [-0.1, -0.05) is 12.1 Å². The van der Waals surface area contributed by atoms with Crippen LogP contribution in [0.1, 0.15) is 18.5 Å². The zero-order valence-corrected chi connectivity index (χ0v) is 16.0. The van der Waals surface area contributed by atoms with Gasteiger partial charge in [-0.25, -0.2) is 12.8 Å². The van der Waals surface area contributed by atoms with Gasteiger partial charge in [-0.15, -0.1) is 0 Å². The van der Waals surface area contributed by atoms with E-state index in [-0.39, 0.29) is 54.4 Å². The van der Waals surface area contributed by atoms with E-state index in [9.17, 15) is 22.9 Å². The van der Waals surface area contributed by atoms with E-state index in [1.165, 1.54) is 28.6 Å². The minimum atomic E-state index is -3.96. The fraction of sp³-hybridized carbons (Fsp3) is 0.333. The Morgan fingerprint density at radius 2 is 1.82 bits per heavy atom. The highest BCUT2D eigenvalue weighted by Crippen LogP contribution is 2.32. The van der Waals surface area contributed by atoms with E-state index in [0.29, 0.717) is 0 Å². The van der Waals surface area contributed by atoms with Crippen LogP contribution in [0.4, 0.5) is 15.8 Å². The molecule has 150 valence electrons. The number of morpholine rings is 1. The smallest absolute Gasteiger partial charge is 0.270 e. The van der Waals surface area contributed by atoms with Gasteiger partial charge in [-0.05, 0) is 30.7 Å². The topological polar surface area (TPSA) is 102 Å². The second-order valence-electron chi connectivity index (χ2n) is 6.37. The van der Waals surface area contributed by atoms with E-state index in [0.717, 1.165) is 11.6 Å². The molecule has 0 saturated carbocycles. The standard InChI is InChI=1S/C18H20FN3O5S/c1-13(14-2-4-15(19)5-3-14)20-17-7-6-16(22(23)24)12-18(17)28(25,26)21-8-10-27-11-9-21/h2-7,12-13,20H,8-11H2,1H3/t13-/m0/s1. The number of benzene rings is 2. The highest BCUT2D eigenvalue weighted by molar-refractivity contribution is 7.89. The number of nitrogens with zero attached hydrogens (tertiary/aromatic N) is 2. The van der Waals surface area contributed by atoms with Crippen LogP contribution in [0.5, 0.6) is 0 Å². The molecule has 1 aliphatic rings. The first kappa shape index (κ1) is 20.2. The number of nitrogens with one attached hydrogen (secondary N) is 1. The van der Waals surface area contributed by atoms with Crippen molar-refractivity contribution in [2.45, 2.75) is 17.9 Å². The normalized spacial score (nSPS) is 16.5. The van der Waals surface area contributed by atoms with Crippen molar-refractivity contribution in [2.24, 2.45) is 0 Å². The van der Waals surface area contributed by atoms with E-state index >= 15 is 0 Å². The molecule has 10 heteroatoms. The highest BCUT2D eigenvalue weighted by atomic mass is 32.2. The monoisotopic (exact) mass is 409 g/mol. The molecule has 0 radical (unpaired) electrons. The largest absolute Gasteiger partial charge is 0.379 e. The van der Waals surface area contributed by atoms with Crippen LogP contribution in [0.15, 0.2) is 47.4 Å². The van der Waals surface area contributed by atoms with Crippen LogP contribution >= 0.6 is 0 Å². The number of nitro benzene ring substituents is 1. The third kappa shape index (κ3) is 4.29. The molecule has 1 fully saturated rings. The van der Waals surface area contributed by atoms with Gasteiger partial charge in [0, 0.05) is 31.3 Å². The molecular weight excluding hydrogens is 389 g/mol. The molecule has 0 aliphatic carbocycles. The number of non-ortho nitro benzene ring substituents is 1. The van der Waals surface area contributed by atoms with Crippen molar-refractivity contribution in [2.75, 3.05) is 31.6 Å². The SMILES string of the molecule is C[C@H](Nc1ccc([N+](=O)[O-])cc1S(=O)(=O)N1CCOCC1)c1ccc(F)cc1. The average molecular weight is 409 g/mol. The number of ether oxygens (including phenoxy) is 1. The van der Waals surface area contributed by atoms with Crippen LogP contribution < -0.4 is 5.32 Å². The average Bonchev–Trinajstić information content (AvgIpc) is 2.69. The van der Waals surface area contributed by atoms with E-state index in [4.69, 9.17) is 4.74 Å². The lowest BCUT2D eigenvalue weighted by molar-refractivity contribution is -0.385. The minimum Gasteiger partial charge on any atom is -0.379 e. The van der Waals surface area contributed by atoms with Crippen molar-refractivity contribution in [1.29, 1.82) is 0 Å². The molecule has 0 aromatic heterocycles. The Morgan fingerprint density at radius 1 is 1.18 bits per heavy atom. The molecule has 0 bridgehead atoms. The lowest BCUT2D eigenvalue weighted by Gasteiger charge is -2.27. The first-order valence-corrected chi connectivity index (χ1v) is 10.1. The number of halogens is 1. The van der Waals surface area contributed by atoms with Crippen molar-refractivity contribution in [3.8, 4) is 0 Å². The highest BCUT2D eigenvalue weighted by Gasteiger charge is 2.30. The second kappa shape index (κ2) is 8.21. The lowest BCUT2D eigenvalue weighted by atomic mass is 10.1. The molecule has 0 amide bonds. The summed E-state index contributed by atoms with van der Waals surface area (Å²) < 4.78 is 45.8. The second-order valence-corrected chi connectivity index (χ2v) is 8.28. The molecule has 2 aromatic carbocycles. The number of hydrogen-bond donors (Lipinski definition) is 1. The quantitative estimate of drug-likeness (QED) is 0.581. The third-order valence-corrected chi connectivity index (χ3v) is 6.44. The van der Waals surface area contributed by atoms with Crippen molar-refractivity contribution in [3.63, 3.8) is 0 Å². The third-order valence-electron chi connectivity index (χ3n) is 4.51. The van der Waals surface area contributed by atoms with Crippen LogP contribution in [0.3, 0.4) is 0 Å². The van der Waals surface area contributed by atoms with Crippen molar-refractivity contribution in [1.82, 2.24) is 4.31 Å². The van der Waals surface area contributed by atoms with Gasteiger partial charge in [0.15, 0.2) is 0 Å². The summed E-state index contributed by atoms with van der Waals surface area (Å²) >= 11 is 0. The van der Waals surface area contributed by atoms with Gasteiger partial charge in [0.2, 0.25) is 10.0 Å². The molecule has 8 nitrogen and oxygen atoms in total. The van der Waals surface area contributed by atoms with E-state index in [1.807, 2.05) is 0 Å². The fourth-order valence-corrected chi connectivity index (χ4v) is 4.53. The van der Waals surface area contributed by atoms with Gasteiger partial charge in [0.05, 0.1) is 23.8 Å². The Labute approximate surface area is 162 Å². The number of hydrogen-bond acceptors (Lipinski definition) is 6. The molecule has 1 saturated heterocycles. The van der Waals surface area contributed by atoms with Crippen molar-refractivity contribution in [3.05, 3.63) is 64.0 Å². The predicted molar refractivity (Wildman–Crippen MR) is 101 cm³/mol. The summed E-state index contributed by atoms with van der Waals surface area (Å²) in [6.07, 6.45) is 0. The Kier molecular flexibility index (Phi) is 5.92. The molecule has 1 aliphatic heterocycles. The van der Waals surface area contributed by atoms with Crippen LogP contribution in [0.25, 0.3) is 0 Å². The van der Waals surface area contributed by atoms with Gasteiger partial charge < -0.3 is 10.1 Å². The zero-order valence-electron chi connectivity index (χ0n) is 15.2. The Hall–Kier alpha value is -2.56. The summed E-state index contributed by atoms with van der Waals surface area (Å²) in [6, 6.07) is 9.15. The maximum atomic E-state index is 13.1. The van der Waals surface area contributed by atoms with Crippen molar-refractivity contribution >= 4 is 21.4 Å². The summed E-state index contributed by atoms with van der Waals surface area (Å²) in [6.45, 7) is 2.68. The van der Waals surface area contributed by atoms with E-state index in [2.05, 4.69) is 5.32 Å². The van der Waals surface area contributed by atoms with Crippen LogP contribution in [-0.2, 0) is 14.8 Å². The van der Waals surface area contributed by atoms with E-state index < -0.39 is 14.9 Å². The molecular formula is C18H20FN3O5S. The number of sulfonamides is 1. The Balaban J connectivity index is 1.98. The van der Waals surface area contributed by atoms with Crippen LogP contribution in [0, 0.1) is 15.9 Å². The molecule has 0 unspecified atom stereocenters. The summed E-state index contributed by atoms with van der Waals surface area (Å²) in [5.74, 6) is -0.373. The Morgan fingerprint density at radius 3 is 2.43 bits per heavy atom. The molecule has 1 atom stereocenters. The number of rotatable bonds is 6. The van der Waals surface area contributed by atoms with Gasteiger partial charge in [-0.3, -0.25) is 10.1 Å². The molecule has 2 aromatic rings. The van der Waals surface area contributed by atoms with Gasteiger partial charge >= 0.3 is 0 Å². The Bertz CT molecular complexity index is 960. The molecule has 1 N–H and O–H groups in total. The van der Waals surface area contributed by atoms with Crippen LogP contribution in [0.2, 0.25) is 0 Å². The first-order chi connectivity index (χ1) is 13.3. The summed E-state index contributed by atoms with van der Waals surface area (Å²) in [7, 11) is -3.96. The van der Waals surface area contributed by atoms with Gasteiger partial charge in [0.1, 0.15) is 10.7 Å². The van der Waals surface area contributed by atoms with Gasteiger partial charge in [-0.2, -0.15) is 4.31 Å². The molecule has 0 spiro atoms. The zero-order chi connectivity index (χ0) is 20.3. The van der Waals surface area contributed by atoms with Crippen molar-refractivity contribution < 1.29 is 22.5 Å². The number of anilines is 1. The molecule has 28 heavy (non-hydrogen) atoms. The lowest BCUT2D eigenvalue weighted by Crippen LogP contribution is -2.40. The maximum absolute atomic E-state index is 13.1. The first-order valence-electron chi connectivity index (χ1n) is 8.67. The summed E-state index contributed by atoms with van der Waals surface area (Å²) in [5, 5.41) is 14.2.